The monoisotopic (exact) mass is 267 g/mol. The number of hydrogen-bond acceptors (Lipinski definition) is 1. The molecule has 1 aromatic rings. The van der Waals surface area contributed by atoms with Crippen LogP contribution in [0.3, 0.4) is 0 Å². The van der Waals surface area contributed by atoms with E-state index in [1.165, 1.54) is 0 Å². The average Bonchev–Trinajstić information content (AvgIpc) is 1.82. The van der Waals surface area contributed by atoms with Crippen LogP contribution in [-0.2, 0) is 0 Å². The van der Waals surface area contributed by atoms with Crippen molar-refractivity contribution >= 4 is 39.9 Å². The Morgan fingerprint density at radius 3 is 2.60 bits per heavy atom. The van der Waals surface area contributed by atoms with E-state index in [-0.39, 0.29) is 0 Å². The molecule has 0 bridgehead atoms. The fraction of sp³-hybridized carbons (Fsp3) is 0.143. The van der Waals surface area contributed by atoms with Crippen LogP contribution in [0.5, 0.6) is 0 Å². The minimum atomic E-state index is 0.704. The molecule has 0 spiro atoms. The van der Waals surface area contributed by atoms with Gasteiger partial charge in [0.1, 0.15) is 0 Å². The Kier molecular flexibility index (Phi) is 2.41. The lowest BCUT2D eigenvalue weighted by Gasteiger charge is -2.01. The van der Waals surface area contributed by atoms with Crippen molar-refractivity contribution < 1.29 is 0 Å². The zero-order valence-electron chi connectivity index (χ0n) is 5.49. The molecule has 3 heteroatoms. The summed E-state index contributed by atoms with van der Waals surface area (Å²) in [6.07, 6.45) is 0. The molecule has 0 aliphatic rings. The van der Waals surface area contributed by atoms with E-state index in [2.05, 4.69) is 22.6 Å². The number of halogens is 2. The van der Waals surface area contributed by atoms with Crippen LogP contribution in [0, 0.1) is 10.5 Å². The topological polar surface area (TPSA) is 26.0 Å². The van der Waals surface area contributed by atoms with E-state index < -0.39 is 0 Å². The largest absolute Gasteiger partial charge is 0.398 e. The van der Waals surface area contributed by atoms with Crippen LogP contribution >= 0.6 is 34.2 Å². The fourth-order valence-electron chi connectivity index (χ4n) is 0.751. The summed E-state index contributed by atoms with van der Waals surface area (Å²) in [5, 5.41) is 0.704. The second-order valence-electron chi connectivity index (χ2n) is 2.13. The molecule has 0 heterocycles. The van der Waals surface area contributed by atoms with E-state index in [0.29, 0.717) is 5.02 Å². The molecule has 0 atom stereocenters. The van der Waals surface area contributed by atoms with Gasteiger partial charge in [-0.2, -0.15) is 0 Å². The second kappa shape index (κ2) is 2.96. The van der Waals surface area contributed by atoms with Crippen LogP contribution < -0.4 is 5.73 Å². The maximum absolute atomic E-state index is 5.74. The predicted molar refractivity (Wildman–Crippen MR) is 53.3 cm³/mol. The molecule has 54 valence electrons. The maximum Gasteiger partial charge on any atom is 0.0467 e. The summed E-state index contributed by atoms with van der Waals surface area (Å²) < 4.78 is 1.09. The summed E-state index contributed by atoms with van der Waals surface area (Å²) >= 11 is 7.94. The molecular formula is C7H7ClIN. The molecule has 0 fully saturated rings. The molecular weight excluding hydrogens is 260 g/mol. The molecule has 0 aromatic heterocycles. The average molecular weight is 267 g/mol. The summed E-state index contributed by atoms with van der Waals surface area (Å²) in [7, 11) is 0. The molecule has 0 saturated carbocycles. The van der Waals surface area contributed by atoms with Gasteiger partial charge in [-0.3, -0.25) is 0 Å². The Bertz CT molecular complexity index is 237. The lowest BCUT2D eigenvalue weighted by atomic mass is 10.2. The first-order valence-corrected chi connectivity index (χ1v) is 4.28. The Morgan fingerprint density at radius 2 is 2.10 bits per heavy atom. The van der Waals surface area contributed by atoms with Gasteiger partial charge in [0.05, 0.1) is 0 Å². The number of nitrogen functional groups attached to an aromatic ring is 1. The zero-order chi connectivity index (χ0) is 7.72. The van der Waals surface area contributed by atoms with Crippen LogP contribution in [0.1, 0.15) is 5.56 Å². The molecule has 0 aliphatic heterocycles. The zero-order valence-corrected chi connectivity index (χ0v) is 8.40. The second-order valence-corrected chi connectivity index (χ2v) is 3.64. The SMILES string of the molecule is Cc1cc(Cl)cc(N)c1I. The van der Waals surface area contributed by atoms with Gasteiger partial charge in [-0.15, -0.1) is 0 Å². The molecule has 2 N–H and O–H groups in total. The van der Waals surface area contributed by atoms with Crippen molar-refractivity contribution in [1.29, 1.82) is 0 Å². The van der Waals surface area contributed by atoms with Crippen LogP contribution in [0.2, 0.25) is 5.02 Å². The van der Waals surface area contributed by atoms with Crippen LogP contribution in [0.4, 0.5) is 5.69 Å². The molecule has 1 nitrogen and oxygen atoms in total. The lowest BCUT2D eigenvalue weighted by molar-refractivity contribution is 1.43. The minimum Gasteiger partial charge on any atom is -0.398 e. The standard InChI is InChI=1S/C7H7ClIN/c1-4-2-5(8)3-6(10)7(4)9/h2-3H,10H2,1H3. The van der Waals surface area contributed by atoms with Gasteiger partial charge in [-0.1, -0.05) is 11.6 Å². The Morgan fingerprint density at radius 1 is 1.50 bits per heavy atom. The van der Waals surface area contributed by atoms with Crippen LogP contribution in [-0.4, -0.2) is 0 Å². The van der Waals surface area contributed by atoms with Crippen LogP contribution in [0.15, 0.2) is 12.1 Å². The van der Waals surface area contributed by atoms with Crippen molar-refractivity contribution in [3.63, 3.8) is 0 Å². The number of aryl methyl sites for hydroxylation is 1. The van der Waals surface area contributed by atoms with Crippen molar-refractivity contribution in [2.24, 2.45) is 0 Å². The molecule has 1 aromatic carbocycles. The van der Waals surface area contributed by atoms with E-state index in [9.17, 15) is 0 Å². The van der Waals surface area contributed by atoms with Gasteiger partial charge in [-0.25, -0.2) is 0 Å². The summed E-state index contributed by atoms with van der Waals surface area (Å²) in [6.45, 7) is 1.99. The normalized spacial score (nSPS) is 9.90. The summed E-state index contributed by atoms with van der Waals surface area (Å²) in [4.78, 5) is 0. The fourth-order valence-corrected chi connectivity index (χ4v) is 1.34. The Balaban J connectivity index is 3.31. The van der Waals surface area contributed by atoms with Gasteiger partial charge in [0.15, 0.2) is 0 Å². The third kappa shape index (κ3) is 1.55. The summed E-state index contributed by atoms with van der Waals surface area (Å²) in [5.41, 5.74) is 7.51. The van der Waals surface area contributed by atoms with Gasteiger partial charge in [0.25, 0.3) is 0 Å². The van der Waals surface area contributed by atoms with E-state index >= 15 is 0 Å². The van der Waals surface area contributed by atoms with Gasteiger partial charge < -0.3 is 5.73 Å². The number of benzene rings is 1. The van der Waals surface area contributed by atoms with Gasteiger partial charge in [0.2, 0.25) is 0 Å². The Labute approximate surface area is 78.7 Å². The molecule has 0 saturated heterocycles. The molecule has 0 unspecified atom stereocenters. The maximum atomic E-state index is 5.74. The van der Waals surface area contributed by atoms with Gasteiger partial charge in [0, 0.05) is 14.3 Å². The van der Waals surface area contributed by atoms with Gasteiger partial charge >= 0.3 is 0 Å². The number of rotatable bonds is 0. The van der Waals surface area contributed by atoms with Gasteiger partial charge in [-0.05, 0) is 47.2 Å². The van der Waals surface area contributed by atoms with Crippen molar-refractivity contribution in [3.8, 4) is 0 Å². The highest BCUT2D eigenvalue weighted by molar-refractivity contribution is 14.1. The molecule has 0 aliphatic carbocycles. The van der Waals surface area contributed by atoms with E-state index in [0.717, 1.165) is 14.8 Å². The highest BCUT2D eigenvalue weighted by Crippen LogP contribution is 2.23. The first-order chi connectivity index (χ1) is 4.61. The molecule has 0 radical (unpaired) electrons. The highest BCUT2D eigenvalue weighted by Gasteiger charge is 1.99. The van der Waals surface area contributed by atoms with E-state index in [1.54, 1.807) is 6.07 Å². The molecule has 10 heavy (non-hydrogen) atoms. The number of hydrogen-bond donors (Lipinski definition) is 1. The van der Waals surface area contributed by atoms with Crippen molar-refractivity contribution in [3.05, 3.63) is 26.3 Å². The number of nitrogens with two attached hydrogens (primary N) is 1. The third-order valence-corrected chi connectivity index (χ3v) is 2.94. The lowest BCUT2D eigenvalue weighted by Crippen LogP contribution is -1.91. The molecule has 0 amide bonds. The predicted octanol–water partition coefficient (Wildman–Crippen LogP) is 2.84. The first kappa shape index (κ1) is 8.14. The Hall–Kier alpha value is 0.0400. The molecule has 1 rings (SSSR count). The van der Waals surface area contributed by atoms with Crippen molar-refractivity contribution in [2.75, 3.05) is 5.73 Å². The van der Waals surface area contributed by atoms with Crippen LogP contribution in [0.25, 0.3) is 0 Å². The minimum absolute atomic E-state index is 0.704. The smallest absolute Gasteiger partial charge is 0.0467 e. The first-order valence-electron chi connectivity index (χ1n) is 2.82. The number of anilines is 1. The van der Waals surface area contributed by atoms with Crippen molar-refractivity contribution in [2.45, 2.75) is 6.92 Å². The third-order valence-electron chi connectivity index (χ3n) is 1.25. The van der Waals surface area contributed by atoms with E-state index in [1.807, 2.05) is 13.0 Å². The summed E-state index contributed by atoms with van der Waals surface area (Å²) in [5.74, 6) is 0. The van der Waals surface area contributed by atoms with E-state index in [4.69, 9.17) is 17.3 Å². The summed E-state index contributed by atoms with van der Waals surface area (Å²) in [6, 6.07) is 3.66. The highest BCUT2D eigenvalue weighted by atomic mass is 127. The van der Waals surface area contributed by atoms with Crippen molar-refractivity contribution in [1.82, 2.24) is 0 Å². The quantitative estimate of drug-likeness (QED) is 0.568.